The van der Waals surface area contributed by atoms with E-state index in [0.29, 0.717) is 32.2 Å². The van der Waals surface area contributed by atoms with Gasteiger partial charge in [-0.15, -0.1) is 0 Å². The molecule has 1 aliphatic rings. The van der Waals surface area contributed by atoms with E-state index in [9.17, 15) is 10.1 Å². The molecule has 8 heteroatoms. The van der Waals surface area contributed by atoms with E-state index in [1.807, 2.05) is 54.6 Å². The first-order chi connectivity index (χ1) is 14.2. The Balaban J connectivity index is 1.22. The van der Waals surface area contributed by atoms with Crippen molar-refractivity contribution in [3.05, 3.63) is 76.5 Å². The van der Waals surface area contributed by atoms with Crippen molar-refractivity contribution in [2.24, 2.45) is 0 Å². The minimum Gasteiger partial charge on any atom is -0.493 e. The molecule has 0 fully saturated rings. The lowest BCUT2D eigenvalue weighted by molar-refractivity contribution is -0.389. The van der Waals surface area contributed by atoms with Gasteiger partial charge in [0.15, 0.2) is 0 Å². The second-order valence-electron chi connectivity index (χ2n) is 6.74. The van der Waals surface area contributed by atoms with Gasteiger partial charge >= 0.3 is 11.8 Å². The van der Waals surface area contributed by atoms with Crippen molar-refractivity contribution < 1.29 is 19.1 Å². The summed E-state index contributed by atoms with van der Waals surface area (Å²) in [5.41, 5.74) is 1.12. The largest absolute Gasteiger partial charge is 0.493 e. The maximum Gasteiger partial charge on any atom is 0.414 e. The molecule has 0 bridgehead atoms. The van der Waals surface area contributed by atoms with Crippen molar-refractivity contribution in [1.29, 1.82) is 0 Å². The van der Waals surface area contributed by atoms with E-state index in [1.165, 1.54) is 6.20 Å². The van der Waals surface area contributed by atoms with Crippen LogP contribution in [0.3, 0.4) is 0 Å². The van der Waals surface area contributed by atoms with Crippen molar-refractivity contribution in [2.75, 3.05) is 6.61 Å². The number of hydrogen-bond donors (Lipinski definition) is 0. The van der Waals surface area contributed by atoms with Crippen molar-refractivity contribution >= 4 is 5.82 Å². The first-order valence-corrected chi connectivity index (χ1v) is 9.45. The Morgan fingerprint density at radius 2 is 1.83 bits per heavy atom. The highest BCUT2D eigenvalue weighted by molar-refractivity contribution is 5.31. The summed E-state index contributed by atoms with van der Waals surface area (Å²) in [5, 5.41) is 10.8. The van der Waals surface area contributed by atoms with E-state index in [4.69, 9.17) is 14.2 Å². The molecule has 0 unspecified atom stereocenters. The van der Waals surface area contributed by atoms with Crippen molar-refractivity contribution in [3.8, 4) is 17.5 Å². The predicted molar refractivity (Wildman–Crippen MR) is 105 cm³/mol. The van der Waals surface area contributed by atoms with Gasteiger partial charge in [-0.3, -0.25) is 4.57 Å². The van der Waals surface area contributed by atoms with E-state index in [-0.39, 0.29) is 11.9 Å². The van der Waals surface area contributed by atoms with Gasteiger partial charge < -0.3 is 24.3 Å². The Bertz CT molecular complexity index is 956. The summed E-state index contributed by atoms with van der Waals surface area (Å²) in [6.45, 7) is 1.65. The minimum atomic E-state index is -0.514. The number of benzene rings is 2. The highest BCUT2D eigenvalue weighted by Gasteiger charge is 2.27. The average Bonchev–Trinajstić information content (AvgIpc) is 3.18. The number of nitro groups is 1. The third-order valence-electron chi connectivity index (χ3n) is 4.66. The first-order valence-electron chi connectivity index (χ1n) is 9.45. The Morgan fingerprint density at radius 1 is 1.10 bits per heavy atom. The molecule has 0 N–H and O–H groups in total. The standard InChI is InChI=1S/C21H21N3O5/c25-24(26)20-14-23-12-10-19(29-21(23)22-20)11-13-27-17-6-8-18(9-7-17)28-15-16-4-2-1-3-5-16/h1-9,14,19H,10-13,15H2/t19-/m0/s1. The Labute approximate surface area is 167 Å². The molecule has 3 aromatic rings. The fraction of sp³-hybridized carbons (Fsp3) is 0.286. The lowest BCUT2D eigenvalue weighted by Crippen LogP contribution is -2.27. The molecule has 0 saturated carbocycles. The molecule has 2 heterocycles. The summed E-state index contributed by atoms with van der Waals surface area (Å²) < 4.78 is 19.0. The molecular formula is C21H21N3O5. The molecule has 0 saturated heterocycles. The van der Waals surface area contributed by atoms with Gasteiger partial charge in [0.05, 0.1) is 6.61 Å². The van der Waals surface area contributed by atoms with Crippen LogP contribution in [0.15, 0.2) is 60.8 Å². The molecule has 2 aromatic carbocycles. The molecule has 0 amide bonds. The van der Waals surface area contributed by atoms with Crippen LogP contribution < -0.4 is 14.2 Å². The van der Waals surface area contributed by atoms with Gasteiger partial charge in [-0.2, -0.15) is 0 Å². The zero-order chi connectivity index (χ0) is 20.1. The SMILES string of the molecule is O=[N+]([O-])c1cn2c(n1)O[C@H](CCOc1ccc(OCc3ccccc3)cc1)CC2. The third kappa shape index (κ3) is 4.84. The van der Waals surface area contributed by atoms with Gasteiger partial charge in [0.2, 0.25) is 0 Å². The lowest BCUT2D eigenvalue weighted by atomic mass is 10.2. The molecule has 0 radical (unpaired) electrons. The van der Waals surface area contributed by atoms with Crippen LogP contribution in [0.25, 0.3) is 0 Å². The van der Waals surface area contributed by atoms with Crippen molar-refractivity contribution in [3.63, 3.8) is 0 Å². The van der Waals surface area contributed by atoms with Crippen LogP contribution in [0.4, 0.5) is 5.82 Å². The molecule has 29 heavy (non-hydrogen) atoms. The summed E-state index contributed by atoms with van der Waals surface area (Å²) in [5.74, 6) is 1.35. The van der Waals surface area contributed by atoms with E-state index < -0.39 is 4.92 Å². The highest BCUT2D eigenvalue weighted by Crippen LogP contribution is 2.25. The fourth-order valence-corrected chi connectivity index (χ4v) is 3.10. The van der Waals surface area contributed by atoms with Gasteiger partial charge in [0.1, 0.15) is 30.4 Å². The number of aromatic nitrogens is 2. The molecular weight excluding hydrogens is 374 g/mol. The molecule has 4 rings (SSSR count). The molecule has 150 valence electrons. The summed E-state index contributed by atoms with van der Waals surface area (Å²) in [6.07, 6.45) is 2.77. The maximum atomic E-state index is 10.8. The van der Waals surface area contributed by atoms with Gasteiger partial charge in [0.25, 0.3) is 0 Å². The lowest BCUT2D eigenvalue weighted by Gasteiger charge is -2.22. The second kappa shape index (κ2) is 8.64. The smallest absolute Gasteiger partial charge is 0.414 e. The minimum absolute atomic E-state index is 0.0713. The van der Waals surface area contributed by atoms with Gasteiger partial charge in [-0.1, -0.05) is 30.3 Å². The van der Waals surface area contributed by atoms with Crippen molar-refractivity contribution in [1.82, 2.24) is 9.55 Å². The monoisotopic (exact) mass is 395 g/mol. The normalized spacial score (nSPS) is 15.2. The van der Waals surface area contributed by atoms with E-state index >= 15 is 0 Å². The van der Waals surface area contributed by atoms with Crippen LogP contribution in [0, 0.1) is 10.1 Å². The number of nitrogens with zero attached hydrogens (tertiary/aromatic N) is 3. The van der Waals surface area contributed by atoms with Gasteiger partial charge in [-0.25, -0.2) is 0 Å². The van der Waals surface area contributed by atoms with Crippen LogP contribution in [-0.2, 0) is 13.2 Å². The number of ether oxygens (including phenoxy) is 3. The number of fused-ring (bicyclic) bond motifs is 1. The van der Waals surface area contributed by atoms with Crippen LogP contribution in [0.5, 0.6) is 17.5 Å². The maximum absolute atomic E-state index is 10.8. The third-order valence-corrected chi connectivity index (χ3v) is 4.66. The number of rotatable bonds is 8. The van der Waals surface area contributed by atoms with Crippen LogP contribution in [0.2, 0.25) is 0 Å². The predicted octanol–water partition coefficient (Wildman–Crippen LogP) is 3.99. The zero-order valence-electron chi connectivity index (χ0n) is 15.8. The summed E-state index contributed by atoms with van der Waals surface area (Å²) in [4.78, 5) is 14.2. The average molecular weight is 395 g/mol. The molecule has 1 aromatic heterocycles. The Kier molecular flexibility index (Phi) is 5.60. The van der Waals surface area contributed by atoms with Gasteiger partial charge in [0, 0.05) is 24.4 Å². The van der Waals surface area contributed by atoms with E-state index in [1.54, 1.807) is 4.57 Å². The summed E-state index contributed by atoms with van der Waals surface area (Å²) in [7, 11) is 0. The Hall–Kier alpha value is -3.55. The second-order valence-corrected chi connectivity index (χ2v) is 6.74. The molecule has 8 nitrogen and oxygen atoms in total. The van der Waals surface area contributed by atoms with Crippen LogP contribution in [0.1, 0.15) is 18.4 Å². The number of imidazole rings is 1. The molecule has 0 aliphatic carbocycles. The first kappa shape index (κ1) is 18.8. The van der Waals surface area contributed by atoms with Crippen molar-refractivity contribution in [2.45, 2.75) is 32.1 Å². The zero-order valence-corrected chi connectivity index (χ0v) is 15.8. The van der Waals surface area contributed by atoms with Crippen LogP contribution in [-0.4, -0.2) is 27.2 Å². The van der Waals surface area contributed by atoms with E-state index in [2.05, 4.69) is 4.98 Å². The Morgan fingerprint density at radius 3 is 2.55 bits per heavy atom. The summed E-state index contributed by atoms with van der Waals surface area (Å²) >= 11 is 0. The number of hydrogen-bond acceptors (Lipinski definition) is 6. The van der Waals surface area contributed by atoms with Crippen LogP contribution >= 0.6 is 0 Å². The van der Waals surface area contributed by atoms with E-state index in [0.717, 1.165) is 23.5 Å². The summed E-state index contributed by atoms with van der Waals surface area (Å²) in [6, 6.07) is 17.8. The highest BCUT2D eigenvalue weighted by atomic mass is 16.6. The fourth-order valence-electron chi connectivity index (χ4n) is 3.10. The quantitative estimate of drug-likeness (QED) is 0.423. The molecule has 0 spiro atoms. The van der Waals surface area contributed by atoms with Gasteiger partial charge in [-0.05, 0) is 34.8 Å². The molecule has 1 aliphatic heterocycles. The number of aryl methyl sites for hydroxylation is 1. The topological polar surface area (TPSA) is 88.7 Å². The molecule has 1 atom stereocenters.